The number of nitrogens with zero attached hydrogens (tertiary/aromatic N) is 1. The average Bonchev–Trinajstić information content (AvgIpc) is 2.55. The highest BCUT2D eigenvalue weighted by Gasteiger charge is 2.07. The van der Waals surface area contributed by atoms with Gasteiger partial charge >= 0.3 is 0 Å². The predicted octanol–water partition coefficient (Wildman–Crippen LogP) is 3.53. The summed E-state index contributed by atoms with van der Waals surface area (Å²) in [6, 6.07) is 19.7. The molecular formula is C17H14N2O3S. The molecule has 0 fully saturated rings. The van der Waals surface area contributed by atoms with Gasteiger partial charge in [0.25, 0.3) is 10.1 Å². The van der Waals surface area contributed by atoms with Crippen LogP contribution in [0.2, 0.25) is 0 Å². The molecule has 0 atom stereocenters. The summed E-state index contributed by atoms with van der Waals surface area (Å²) < 4.78 is 30.9. The molecule has 0 aliphatic heterocycles. The number of hydrazone groups is 1. The molecule has 0 saturated carbocycles. The van der Waals surface area contributed by atoms with E-state index in [4.69, 9.17) is 4.55 Å². The van der Waals surface area contributed by atoms with Crippen LogP contribution >= 0.6 is 0 Å². The maximum atomic E-state index is 11.0. The van der Waals surface area contributed by atoms with E-state index >= 15 is 0 Å². The summed E-state index contributed by atoms with van der Waals surface area (Å²) in [5.41, 5.74) is 4.43. The van der Waals surface area contributed by atoms with Gasteiger partial charge in [0.1, 0.15) is 0 Å². The molecule has 0 spiro atoms. The average molecular weight is 326 g/mol. The molecule has 0 bridgehead atoms. The zero-order valence-corrected chi connectivity index (χ0v) is 12.9. The molecular weight excluding hydrogens is 312 g/mol. The first-order chi connectivity index (χ1) is 11.0. The lowest BCUT2D eigenvalue weighted by molar-refractivity contribution is 0.483. The highest BCUT2D eigenvalue weighted by molar-refractivity contribution is 7.85. The molecule has 0 radical (unpaired) electrons. The number of anilines is 1. The zero-order valence-electron chi connectivity index (χ0n) is 12.0. The number of benzene rings is 3. The molecule has 3 rings (SSSR count). The van der Waals surface area contributed by atoms with Crippen molar-refractivity contribution in [2.24, 2.45) is 5.10 Å². The smallest absolute Gasteiger partial charge is 0.282 e. The van der Waals surface area contributed by atoms with E-state index in [0.717, 1.165) is 16.3 Å². The Balaban J connectivity index is 1.78. The van der Waals surface area contributed by atoms with Crippen LogP contribution in [-0.2, 0) is 10.1 Å². The predicted molar refractivity (Wildman–Crippen MR) is 91.4 cm³/mol. The molecule has 2 N–H and O–H groups in total. The third kappa shape index (κ3) is 3.56. The van der Waals surface area contributed by atoms with Crippen LogP contribution in [0.1, 0.15) is 5.56 Å². The fraction of sp³-hybridized carbons (Fsp3) is 0. The monoisotopic (exact) mass is 326 g/mol. The van der Waals surface area contributed by atoms with E-state index < -0.39 is 10.1 Å². The topological polar surface area (TPSA) is 78.8 Å². The van der Waals surface area contributed by atoms with Crippen molar-refractivity contribution in [1.82, 2.24) is 0 Å². The van der Waals surface area contributed by atoms with Crippen LogP contribution < -0.4 is 5.43 Å². The van der Waals surface area contributed by atoms with E-state index in [2.05, 4.69) is 10.5 Å². The second-order valence-electron chi connectivity index (χ2n) is 4.94. The fourth-order valence-electron chi connectivity index (χ4n) is 2.24. The van der Waals surface area contributed by atoms with Crippen LogP contribution in [0.25, 0.3) is 10.8 Å². The molecule has 3 aromatic carbocycles. The number of rotatable bonds is 4. The van der Waals surface area contributed by atoms with Crippen molar-refractivity contribution >= 4 is 32.8 Å². The highest BCUT2D eigenvalue weighted by atomic mass is 32.2. The number of hydrogen-bond donors (Lipinski definition) is 2. The van der Waals surface area contributed by atoms with Crippen LogP contribution in [0.4, 0.5) is 5.69 Å². The Hall–Kier alpha value is -2.70. The number of nitrogens with one attached hydrogen (secondary N) is 1. The summed E-state index contributed by atoms with van der Waals surface area (Å²) in [6.07, 6.45) is 1.71. The molecule has 0 heterocycles. The van der Waals surface area contributed by atoms with Crippen LogP contribution in [-0.4, -0.2) is 19.2 Å². The van der Waals surface area contributed by atoms with E-state index in [-0.39, 0.29) is 4.90 Å². The molecule has 0 aliphatic rings. The van der Waals surface area contributed by atoms with Crippen molar-refractivity contribution in [3.63, 3.8) is 0 Å². The summed E-state index contributed by atoms with van der Waals surface area (Å²) in [6.45, 7) is 0. The molecule has 6 heteroatoms. The first-order valence-electron chi connectivity index (χ1n) is 6.88. The lowest BCUT2D eigenvalue weighted by Gasteiger charge is -2.03. The van der Waals surface area contributed by atoms with Crippen molar-refractivity contribution in [3.8, 4) is 0 Å². The van der Waals surface area contributed by atoms with Crippen LogP contribution in [0.15, 0.2) is 76.7 Å². The Labute approximate surface area is 134 Å². The van der Waals surface area contributed by atoms with E-state index in [0.29, 0.717) is 5.69 Å². The maximum Gasteiger partial charge on any atom is 0.294 e. The van der Waals surface area contributed by atoms with Crippen molar-refractivity contribution in [2.45, 2.75) is 4.90 Å². The van der Waals surface area contributed by atoms with Crippen LogP contribution in [0.3, 0.4) is 0 Å². The minimum absolute atomic E-state index is 0.152. The molecule has 23 heavy (non-hydrogen) atoms. The summed E-state index contributed by atoms with van der Waals surface area (Å²) in [4.78, 5) is -0.152. The van der Waals surface area contributed by atoms with E-state index in [9.17, 15) is 8.42 Å². The van der Waals surface area contributed by atoms with Gasteiger partial charge in [0, 0.05) is 5.56 Å². The summed E-state index contributed by atoms with van der Waals surface area (Å²) in [5, 5.41) is 6.40. The Morgan fingerprint density at radius 2 is 1.61 bits per heavy atom. The quantitative estimate of drug-likeness (QED) is 0.437. The van der Waals surface area contributed by atoms with Crippen molar-refractivity contribution in [1.29, 1.82) is 0 Å². The first-order valence-corrected chi connectivity index (χ1v) is 8.32. The van der Waals surface area contributed by atoms with Gasteiger partial charge in [0.2, 0.25) is 0 Å². The van der Waals surface area contributed by atoms with Gasteiger partial charge in [0.15, 0.2) is 0 Å². The van der Waals surface area contributed by atoms with Crippen molar-refractivity contribution in [3.05, 3.63) is 72.3 Å². The minimum Gasteiger partial charge on any atom is -0.282 e. The minimum atomic E-state index is -4.17. The highest BCUT2D eigenvalue weighted by Crippen LogP contribution is 2.17. The molecule has 0 saturated heterocycles. The van der Waals surface area contributed by atoms with Crippen molar-refractivity contribution in [2.75, 3.05) is 5.43 Å². The third-order valence-corrected chi connectivity index (χ3v) is 4.24. The van der Waals surface area contributed by atoms with E-state index in [1.165, 1.54) is 24.3 Å². The van der Waals surface area contributed by atoms with Gasteiger partial charge in [-0.3, -0.25) is 9.98 Å². The third-order valence-electron chi connectivity index (χ3n) is 3.37. The second-order valence-corrected chi connectivity index (χ2v) is 6.36. The number of fused-ring (bicyclic) bond motifs is 1. The molecule has 0 unspecified atom stereocenters. The van der Waals surface area contributed by atoms with Gasteiger partial charge in [-0.2, -0.15) is 13.5 Å². The maximum absolute atomic E-state index is 11.0. The van der Waals surface area contributed by atoms with Gasteiger partial charge in [-0.1, -0.05) is 42.5 Å². The molecule has 116 valence electrons. The summed E-state index contributed by atoms with van der Waals surface area (Å²) >= 11 is 0. The summed E-state index contributed by atoms with van der Waals surface area (Å²) in [7, 11) is -4.17. The van der Waals surface area contributed by atoms with Gasteiger partial charge in [-0.05, 0) is 35.0 Å². The molecule has 0 aromatic heterocycles. The Kier molecular flexibility index (Phi) is 4.10. The largest absolute Gasteiger partial charge is 0.294 e. The Morgan fingerprint density at radius 1 is 0.913 bits per heavy atom. The molecule has 0 aliphatic carbocycles. The van der Waals surface area contributed by atoms with E-state index in [1.807, 2.05) is 42.5 Å². The van der Waals surface area contributed by atoms with Gasteiger partial charge in [0.05, 0.1) is 16.8 Å². The van der Waals surface area contributed by atoms with Gasteiger partial charge in [-0.15, -0.1) is 0 Å². The first kappa shape index (κ1) is 15.2. The SMILES string of the molecule is O=S(=O)(O)c1ccc(NN=Cc2cccc3ccccc23)cc1. The lowest BCUT2D eigenvalue weighted by Crippen LogP contribution is -1.98. The van der Waals surface area contributed by atoms with Crippen molar-refractivity contribution < 1.29 is 13.0 Å². The van der Waals surface area contributed by atoms with Gasteiger partial charge in [-0.25, -0.2) is 0 Å². The molecule has 0 amide bonds. The zero-order chi connectivity index (χ0) is 16.3. The van der Waals surface area contributed by atoms with Crippen LogP contribution in [0, 0.1) is 0 Å². The molecule has 5 nitrogen and oxygen atoms in total. The Bertz CT molecular complexity index is 959. The second kappa shape index (κ2) is 6.20. The normalized spacial score (nSPS) is 11.9. The summed E-state index contributed by atoms with van der Waals surface area (Å²) in [5.74, 6) is 0. The fourth-order valence-corrected chi connectivity index (χ4v) is 2.72. The standard InChI is InChI=1S/C17H14N2O3S/c20-23(21,22)16-10-8-15(9-11-16)19-18-12-14-6-3-5-13-4-1-2-7-17(13)14/h1-12,19H,(H,20,21,22). The lowest BCUT2D eigenvalue weighted by atomic mass is 10.1. The number of hydrogen-bond acceptors (Lipinski definition) is 4. The van der Waals surface area contributed by atoms with Gasteiger partial charge < -0.3 is 0 Å². The Morgan fingerprint density at radius 3 is 2.35 bits per heavy atom. The molecule has 3 aromatic rings. The van der Waals surface area contributed by atoms with E-state index in [1.54, 1.807) is 6.21 Å². The van der Waals surface area contributed by atoms with Crippen LogP contribution in [0.5, 0.6) is 0 Å².